The van der Waals surface area contributed by atoms with E-state index >= 15 is 0 Å². The molecule has 0 spiro atoms. The van der Waals surface area contributed by atoms with Crippen molar-refractivity contribution in [3.8, 4) is 51.1 Å². The van der Waals surface area contributed by atoms with E-state index in [1.165, 1.54) is 0 Å². The molecule has 0 unspecified atom stereocenters. The number of benzene rings is 6. The normalized spacial score (nSPS) is 11.7. The van der Waals surface area contributed by atoms with Gasteiger partial charge in [0.25, 0.3) is 0 Å². The van der Waals surface area contributed by atoms with E-state index in [9.17, 15) is 0 Å². The second-order valence-corrected chi connectivity index (χ2v) is 12.0. The average molecular weight is 632 g/mol. The van der Waals surface area contributed by atoms with Crippen molar-refractivity contribution in [1.29, 1.82) is 0 Å². The molecule has 230 valence electrons. The van der Waals surface area contributed by atoms with Crippen molar-refractivity contribution in [3.63, 3.8) is 0 Å². The fraction of sp³-hybridized carbons (Fsp3) is 0. The van der Waals surface area contributed by atoms with Crippen LogP contribution in [0.2, 0.25) is 0 Å². The topological polar surface area (TPSA) is 82.8 Å². The molecule has 0 N–H and O–H groups in total. The highest BCUT2D eigenvalue weighted by Crippen LogP contribution is 2.38. The van der Waals surface area contributed by atoms with Crippen LogP contribution in [0.3, 0.4) is 0 Å². The molecule has 0 aliphatic rings. The molecule has 0 amide bonds. The standard InChI is InChI=1S/C42H25N5O2/c1-2-8-26(9-3-1)30-24-43-40(44-25-30)27-14-18-31(19-15-27)47-36-20-16-28(41-45-34-10-4-6-12-38(34)48-41)22-32(36)33-23-29(17-21-37(33)47)42-46-35-11-5-7-13-39(35)49-42/h1-25H. The first-order valence-corrected chi connectivity index (χ1v) is 16.0. The van der Waals surface area contributed by atoms with E-state index in [0.717, 1.165) is 77.5 Å². The first kappa shape index (κ1) is 27.3. The highest BCUT2D eigenvalue weighted by molar-refractivity contribution is 6.11. The van der Waals surface area contributed by atoms with E-state index in [1.807, 2.05) is 79.1 Å². The van der Waals surface area contributed by atoms with Crippen LogP contribution in [0.25, 0.3) is 95.1 Å². The van der Waals surface area contributed by atoms with E-state index in [4.69, 9.17) is 18.8 Å². The van der Waals surface area contributed by atoms with Crippen LogP contribution in [-0.4, -0.2) is 24.5 Å². The summed E-state index contributed by atoms with van der Waals surface area (Å²) in [5, 5.41) is 2.13. The van der Waals surface area contributed by atoms with Gasteiger partial charge in [-0.05, 0) is 90.5 Å². The smallest absolute Gasteiger partial charge is 0.227 e. The monoisotopic (exact) mass is 631 g/mol. The number of rotatable bonds is 5. The molecule has 10 aromatic rings. The van der Waals surface area contributed by atoms with E-state index in [-0.39, 0.29) is 0 Å². The van der Waals surface area contributed by atoms with Gasteiger partial charge in [0, 0.05) is 51.1 Å². The number of hydrogen-bond acceptors (Lipinski definition) is 6. The molecular weight excluding hydrogens is 606 g/mol. The zero-order valence-electron chi connectivity index (χ0n) is 26.0. The Morgan fingerprint density at radius 2 is 0.939 bits per heavy atom. The Kier molecular flexibility index (Phi) is 6.04. The Morgan fingerprint density at radius 1 is 0.429 bits per heavy atom. The SMILES string of the molecule is c1ccc(-c2cnc(-c3ccc(-n4c5ccc(-c6nc7ccccc7o6)cc5c5cc(-c6nc7ccccc7o6)ccc54)cc3)nc2)cc1. The molecule has 0 atom stereocenters. The van der Waals surface area contributed by atoms with Crippen LogP contribution >= 0.6 is 0 Å². The van der Waals surface area contributed by atoms with Crippen molar-refractivity contribution in [2.45, 2.75) is 0 Å². The molecule has 10 rings (SSSR count). The van der Waals surface area contributed by atoms with Gasteiger partial charge < -0.3 is 13.4 Å². The highest BCUT2D eigenvalue weighted by atomic mass is 16.4. The van der Waals surface area contributed by atoms with Crippen molar-refractivity contribution in [2.24, 2.45) is 0 Å². The Balaban J connectivity index is 1.10. The number of nitrogens with zero attached hydrogens (tertiary/aromatic N) is 5. The molecule has 0 aliphatic heterocycles. The van der Waals surface area contributed by atoms with Gasteiger partial charge in [-0.2, -0.15) is 0 Å². The van der Waals surface area contributed by atoms with Crippen LogP contribution in [0.4, 0.5) is 0 Å². The maximum Gasteiger partial charge on any atom is 0.227 e. The highest BCUT2D eigenvalue weighted by Gasteiger charge is 2.18. The van der Waals surface area contributed by atoms with Gasteiger partial charge in [-0.15, -0.1) is 0 Å². The summed E-state index contributed by atoms with van der Waals surface area (Å²) in [6.45, 7) is 0. The van der Waals surface area contributed by atoms with Gasteiger partial charge in [-0.25, -0.2) is 19.9 Å². The van der Waals surface area contributed by atoms with E-state index < -0.39 is 0 Å². The van der Waals surface area contributed by atoms with Crippen LogP contribution in [0.1, 0.15) is 0 Å². The van der Waals surface area contributed by atoms with Gasteiger partial charge in [0.15, 0.2) is 17.0 Å². The molecule has 0 saturated carbocycles. The summed E-state index contributed by atoms with van der Waals surface area (Å²) in [6, 6.07) is 46.9. The summed E-state index contributed by atoms with van der Waals surface area (Å²) in [4.78, 5) is 18.9. The Hall–Kier alpha value is -6.86. The molecule has 7 heteroatoms. The van der Waals surface area contributed by atoms with Gasteiger partial charge >= 0.3 is 0 Å². The maximum absolute atomic E-state index is 6.17. The molecule has 7 nitrogen and oxygen atoms in total. The van der Waals surface area contributed by atoms with Gasteiger partial charge in [0.1, 0.15) is 11.0 Å². The third-order valence-corrected chi connectivity index (χ3v) is 8.99. The minimum absolute atomic E-state index is 0.585. The molecule has 4 aromatic heterocycles. The Morgan fingerprint density at radius 3 is 1.49 bits per heavy atom. The molecule has 0 bridgehead atoms. The molecular formula is C42H25N5O2. The fourth-order valence-corrected chi connectivity index (χ4v) is 6.58. The summed E-state index contributed by atoms with van der Waals surface area (Å²) in [6.07, 6.45) is 3.75. The fourth-order valence-electron chi connectivity index (χ4n) is 6.58. The Labute approximate surface area is 279 Å². The van der Waals surface area contributed by atoms with Gasteiger partial charge in [0.05, 0.1) is 11.0 Å². The van der Waals surface area contributed by atoms with Crippen molar-refractivity contribution in [2.75, 3.05) is 0 Å². The van der Waals surface area contributed by atoms with Crippen LogP contribution in [0, 0.1) is 0 Å². The third kappa shape index (κ3) is 4.59. The Bertz CT molecular complexity index is 2620. The van der Waals surface area contributed by atoms with Gasteiger partial charge in [0.2, 0.25) is 11.8 Å². The van der Waals surface area contributed by atoms with E-state index in [0.29, 0.717) is 17.6 Å². The van der Waals surface area contributed by atoms with Gasteiger partial charge in [-0.1, -0.05) is 54.6 Å². The summed E-state index contributed by atoms with van der Waals surface area (Å²) in [5.74, 6) is 1.85. The first-order chi connectivity index (χ1) is 24.2. The van der Waals surface area contributed by atoms with Crippen molar-refractivity contribution in [1.82, 2.24) is 24.5 Å². The second-order valence-electron chi connectivity index (χ2n) is 12.0. The summed E-state index contributed by atoms with van der Waals surface area (Å²) in [7, 11) is 0. The summed E-state index contributed by atoms with van der Waals surface area (Å²) < 4.78 is 14.6. The lowest BCUT2D eigenvalue weighted by molar-refractivity contribution is 0.619. The number of para-hydroxylation sites is 4. The molecule has 0 aliphatic carbocycles. The van der Waals surface area contributed by atoms with Crippen LogP contribution in [0.15, 0.2) is 161 Å². The van der Waals surface area contributed by atoms with E-state index in [1.54, 1.807) is 0 Å². The van der Waals surface area contributed by atoms with E-state index in [2.05, 4.69) is 87.3 Å². The van der Waals surface area contributed by atoms with Crippen molar-refractivity contribution >= 4 is 44.0 Å². The van der Waals surface area contributed by atoms with Crippen LogP contribution in [-0.2, 0) is 0 Å². The molecule has 0 saturated heterocycles. The molecule has 0 radical (unpaired) electrons. The first-order valence-electron chi connectivity index (χ1n) is 16.0. The lowest BCUT2D eigenvalue weighted by atomic mass is 10.1. The number of oxazole rings is 2. The van der Waals surface area contributed by atoms with Crippen LogP contribution in [0.5, 0.6) is 0 Å². The lowest BCUT2D eigenvalue weighted by Gasteiger charge is -2.09. The quantitative estimate of drug-likeness (QED) is 0.188. The van der Waals surface area contributed by atoms with Crippen LogP contribution < -0.4 is 0 Å². The summed E-state index contributed by atoms with van der Waals surface area (Å²) >= 11 is 0. The molecule has 6 aromatic carbocycles. The molecule has 0 fully saturated rings. The minimum Gasteiger partial charge on any atom is -0.436 e. The zero-order chi connectivity index (χ0) is 32.3. The van der Waals surface area contributed by atoms with Gasteiger partial charge in [-0.3, -0.25) is 0 Å². The predicted molar refractivity (Wildman–Crippen MR) is 193 cm³/mol. The number of hydrogen-bond donors (Lipinski definition) is 0. The van der Waals surface area contributed by atoms with Crippen molar-refractivity contribution in [3.05, 3.63) is 152 Å². The third-order valence-electron chi connectivity index (χ3n) is 8.99. The molecule has 49 heavy (non-hydrogen) atoms. The largest absolute Gasteiger partial charge is 0.436 e. The second kappa shape index (κ2) is 10.9. The number of fused-ring (bicyclic) bond motifs is 5. The maximum atomic E-state index is 6.17. The zero-order valence-corrected chi connectivity index (χ0v) is 26.0. The average Bonchev–Trinajstić information content (AvgIpc) is 3.89. The minimum atomic E-state index is 0.585. The number of aromatic nitrogens is 5. The lowest BCUT2D eigenvalue weighted by Crippen LogP contribution is -1.95. The predicted octanol–water partition coefficient (Wildman–Crippen LogP) is 10.5. The summed E-state index contributed by atoms with van der Waals surface area (Å²) in [5.41, 5.74) is 11.2. The molecule has 4 heterocycles. The van der Waals surface area contributed by atoms with Crippen molar-refractivity contribution < 1.29 is 8.83 Å².